The van der Waals surface area contributed by atoms with Crippen LogP contribution in [0.1, 0.15) is 11.1 Å². The minimum atomic E-state index is -0.513. The van der Waals surface area contributed by atoms with Gasteiger partial charge in [-0.05, 0) is 17.7 Å². The third-order valence-electron chi connectivity index (χ3n) is 2.74. The Labute approximate surface area is 109 Å². The predicted octanol–water partition coefficient (Wildman–Crippen LogP) is 0.671. The van der Waals surface area contributed by atoms with Gasteiger partial charge in [0.2, 0.25) is 0 Å². The highest BCUT2D eigenvalue weighted by atomic mass is 16.5. The van der Waals surface area contributed by atoms with E-state index in [1.165, 1.54) is 6.20 Å². The van der Waals surface area contributed by atoms with Crippen LogP contribution in [0.3, 0.4) is 0 Å². The standard InChI is InChI=1S/C13H14N2O4/c1-18-10-4-3-8(6-11(10)19-2)5-9-7-14-13(17)15-12(9)16/h3-4,6-7H,5H2,1-2H3,(H2,14,15,16,17). The van der Waals surface area contributed by atoms with E-state index in [2.05, 4.69) is 9.97 Å². The van der Waals surface area contributed by atoms with Gasteiger partial charge in [0.1, 0.15) is 0 Å². The van der Waals surface area contributed by atoms with Crippen LogP contribution in [0.2, 0.25) is 0 Å². The number of benzene rings is 1. The number of H-pyrrole nitrogens is 2. The summed E-state index contributed by atoms with van der Waals surface area (Å²) in [6.45, 7) is 0. The lowest BCUT2D eigenvalue weighted by atomic mass is 10.1. The Balaban J connectivity index is 2.33. The van der Waals surface area contributed by atoms with E-state index >= 15 is 0 Å². The molecule has 0 amide bonds. The molecule has 19 heavy (non-hydrogen) atoms. The molecule has 0 aliphatic heterocycles. The van der Waals surface area contributed by atoms with Crippen molar-refractivity contribution in [3.05, 3.63) is 56.4 Å². The Bertz CT molecular complexity index is 688. The van der Waals surface area contributed by atoms with Gasteiger partial charge < -0.3 is 14.5 Å². The van der Waals surface area contributed by atoms with Crippen LogP contribution in [-0.4, -0.2) is 24.2 Å². The van der Waals surface area contributed by atoms with Gasteiger partial charge in [-0.25, -0.2) is 4.79 Å². The fourth-order valence-electron chi connectivity index (χ4n) is 1.78. The molecule has 6 nitrogen and oxygen atoms in total. The molecule has 0 aliphatic carbocycles. The van der Waals surface area contributed by atoms with E-state index < -0.39 is 11.2 Å². The van der Waals surface area contributed by atoms with Gasteiger partial charge >= 0.3 is 5.69 Å². The summed E-state index contributed by atoms with van der Waals surface area (Å²) in [6.07, 6.45) is 1.81. The zero-order valence-corrected chi connectivity index (χ0v) is 10.6. The van der Waals surface area contributed by atoms with Gasteiger partial charge in [0.25, 0.3) is 5.56 Å². The maximum atomic E-state index is 11.6. The molecule has 0 atom stereocenters. The van der Waals surface area contributed by atoms with Gasteiger partial charge in [-0.3, -0.25) is 9.78 Å². The van der Waals surface area contributed by atoms with Crippen molar-refractivity contribution in [2.45, 2.75) is 6.42 Å². The molecule has 1 aromatic carbocycles. The minimum Gasteiger partial charge on any atom is -0.493 e. The summed E-state index contributed by atoms with van der Waals surface area (Å²) in [5.74, 6) is 1.22. The van der Waals surface area contributed by atoms with Crippen LogP contribution in [0, 0.1) is 0 Å². The molecule has 2 N–H and O–H groups in total. The molecular formula is C13H14N2O4. The molecular weight excluding hydrogens is 248 g/mol. The number of hydrogen-bond donors (Lipinski definition) is 2. The molecule has 100 valence electrons. The molecule has 6 heteroatoms. The normalized spacial score (nSPS) is 10.2. The Hall–Kier alpha value is -2.50. The van der Waals surface area contributed by atoms with Crippen LogP contribution in [-0.2, 0) is 6.42 Å². The van der Waals surface area contributed by atoms with E-state index in [0.717, 1.165) is 5.56 Å². The van der Waals surface area contributed by atoms with Crippen LogP contribution in [0.25, 0.3) is 0 Å². The van der Waals surface area contributed by atoms with Gasteiger partial charge in [0.15, 0.2) is 11.5 Å². The van der Waals surface area contributed by atoms with E-state index in [0.29, 0.717) is 23.5 Å². The van der Waals surface area contributed by atoms with Crippen molar-refractivity contribution in [2.75, 3.05) is 14.2 Å². The summed E-state index contributed by atoms with van der Waals surface area (Å²) in [5.41, 5.74) is 0.460. The average molecular weight is 262 g/mol. The fraction of sp³-hybridized carbons (Fsp3) is 0.231. The number of rotatable bonds is 4. The molecule has 0 bridgehead atoms. The van der Waals surface area contributed by atoms with E-state index in [1.54, 1.807) is 26.4 Å². The highest BCUT2D eigenvalue weighted by Crippen LogP contribution is 2.28. The maximum absolute atomic E-state index is 11.6. The van der Waals surface area contributed by atoms with Gasteiger partial charge in [-0.15, -0.1) is 0 Å². The van der Waals surface area contributed by atoms with Crippen LogP contribution >= 0.6 is 0 Å². The zero-order valence-electron chi connectivity index (χ0n) is 10.6. The highest BCUT2D eigenvalue weighted by molar-refractivity contribution is 5.43. The third kappa shape index (κ3) is 2.85. The van der Waals surface area contributed by atoms with Crippen LogP contribution < -0.4 is 20.7 Å². The summed E-state index contributed by atoms with van der Waals surface area (Å²) in [4.78, 5) is 27.2. The lowest BCUT2D eigenvalue weighted by Crippen LogP contribution is -2.24. The van der Waals surface area contributed by atoms with Crippen molar-refractivity contribution in [3.8, 4) is 11.5 Å². The Morgan fingerprint density at radius 2 is 1.84 bits per heavy atom. The Kier molecular flexibility index (Phi) is 3.70. The SMILES string of the molecule is COc1ccc(Cc2c[nH]c(=O)[nH]c2=O)cc1OC. The monoisotopic (exact) mass is 262 g/mol. The first-order valence-electron chi connectivity index (χ1n) is 5.66. The first-order chi connectivity index (χ1) is 9.13. The van der Waals surface area contributed by atoms with Crippen molar-refractivity contribution >= 4 is 0 Å². The molecule has 0 fully saturated rings. The zero-order chi connectivity index (χ0) is 13.8. The molecule has 2 aromatic rings. The van der Waals surface area contributed by atoms with E-state index in [1.807, 2.05) is 6.07 Å². The Morgan fingerprint density at radius 1 is 1.11 bits per heavy atom. The van der Waals surface area contributed by atoms with Crippen molar-refractivity contribution in [3.63, 3.8) is 0 Å². The topological polar surface area (TPSA) is 84.2 Å². The van der Waals surface area contributed by atoms with E-state index in [9.17, 15) is 9.59 Å². The summed E-state index contributed by atoms with van der Waals surface area (Å²) >= 11 is 0. The fourth-order valence-corrected chi connectivity index (χ4v) is 1.78. The van der Waals surface area contributed by atoms with Crippen molar-refractivity contribution in [1.82, 2.24) is 9.97 Å². The van der Waals surface area contributed by atoms with E-state index in [-0.39, 0.29) is 0 Å². The highest BCUT2D eigenvalue weighted by Gasteiger charge is 2.07. The second-order valence-electron chi connectivity index (χ2n) is 3.96. The van der Waals surface area contributed by atoms with E-state index in [4.69, 9.17) is 9.47 Å². The Morgan fingerprint density at radius 3 is 2.47 bits per heavy atom. The van der Waals surface area contributed by atoms with Crippen molar-refractivity contribution < 1.29 is 9.47 Å². The molecule has 0 radical (unpaired) electrons. The quantitative estimate of drug-likeness (QED) is 0.848. The number of aromatic amines is 2. The van der Waals surface area contributed by atoms with Crippen molar-refractivity contribution in [1.29, 1.82) is 0 Å². The van der Waals surface area contributed by atoms with Crippen LogP contribution in [0.15, 0.2) is 34.0 Å². The first kappa shape index (κ1) is 12.9. The smallest absolute Gasteiger partial charge is 0.325 e. The summed E-state index contributed by atoms with van der Waals surface area (Å²) < 4.78 is 10.3. The van der Waals surface area contributed by atoms with Gasteiger partial charge in [0, 0.05) is 18.2 Å². The lowest BCUT2D eigenvalue weighted by Gasteiger charge is -2.09. The minimum absolute atomic E-state index is 0.390. The lowest BCUT2D eigenvalue weighted by molar-refractivity contribution is 0.354. The number of methoxy groups -OCH3 is 2. The summed E-state index contributed by atoms with van der Waals surface area (Å²) in [5, 5.41) is 0. The van der Waals surface area contributed by atoms with Gasteiger partial charge in [0.05, 0.1) is 14.2 Å². The molecule has 2 rings (SSSR count). The molecule has 0 spiro atoms. The number of hydrogen-bond acceptors (Lipinski definition) is 4. The number of aromatic nitrogens is 2. The second-order valence-corrected chi connectivity index (χ2v) is 3.96. The number of ether oxygens (including phenoxy) is 2. The molecule has 0 aliphatic rings. The predicted molar refractivity (Wildman–Crippen MR) is 70.0 cm³/mol. The van der Waals surface area contributed by atoms with Crippen molar-refractivity contribution in [2.24, 2.45) is 0 Å². The number of nitrogens with one attached hydrogen (secondary N) is 2. The molecule has 0 unspecified atom stereocenters. The first-order valence-corrected chi connectivity index (χ1v) is 5.66. The third-order valence-corrected chi connectivity index (χ3v) is 2.74. The average Bonchev–Trinajstić information content (AvgIpc) is 2.41. The van der Waals surface area contributed by atoms with Crippen LogP contribution in [0.4, 0.5) is 0 Å². The maximum Gasteiger partial charge on any atom is 0.325 e. The molecule has 1 heterocycles. The molecule has 0 saturated heterocycles. The van der Waals surface area contributed by atoms with Crippen LogP contribution in [0.5, 0.6) is 11.5 Å². The van der Waals surface area contributed by atoms with Gasteiger partial charge in [-0.2, -0.15) is 0 Å². The van der Waals surface area contributed by atoms with Gasteiger partial charge in [-0.1, -0.05) is 6.07 Å². The second kappa shape index (κ2) is 5.43. The molecule has 1 aromatic heterocycles. The summed E-state index contributed by atoms with van der Waals surface area (Å²) in [6, 6.07) is 5.41. The summed E-state index contributed by atoms with van der Waals surface area (Å²) in [7, 11) is 3.11. The largest absolute Gasteiger partial charge is 0.493 e. The molecule has 0 saturated carbocycles.